The molecule has 0 saturated carbocycles. The van der Waals surface area contributed by atoms with Crippen molar-refractivity contribution < 1.29 is 13.6 Å². The molecule has 1 heterocycles. The molecule has 1 rings (SSSR count). The Morgan fingerprint density at radius 2 is 1.04 bits per heavy atom. The summed E-state index contributed by atoms with van der Waals surface area (Å²) in [6, 6.07) is 0. The van der Waals surface area contributed by atoms with Gasteiger partial charge in [-0.2, -0.15) is 0 Å². The normalized spacial score (nSPS) is 16.5. The van der Waals surface area contributed by atoms with E-state index in [0.717, 1.165) is 51.6 Å². The van der Waals surface area contributed by atoms with E-state index >= 15 is 0 Å². The fraction of sp³-hybridized carbons (Fsp3) is 1.00. The van der Waals surface area contributed by atoms with Crippen LogP contribution >= 0.6 is 7.75 Å². The number of hydrogen-bond acceptors (Lipinski definition) is 3. The molecule has 162 valence electrons. The Kier molecular flexibility index (Phi) is 15.8. The van der Waals surface area contributed by atoms with Crippen molar-refractivity contribution in [2.75, 3.05) is 26.3 Å². The third-order valence-corrected chi connectivity index (χ3v) is 7.54. The summed E-state index contributed by atoms with van der Waals surface area (Å²) in [6.07, 6.45) is 19.2. The highest BCUT2D eigenvalue weighted by atomic mass is 31.2. The van der Waals surface area contributed by atoms with Crippen molar-refractivity contribution in [1.29, 1.82) is 0 Å². The van der Waals surface area contributed by atoms with Gasteiger partial charge in [-0.1, -0.05) is 90.9 Å². The van der Waals surface area contributed by atoms with E-state index in [-0.39, 0.29) is 0 Å². The van der Waals surface area contributed by atoms with Gasteiger partial charge in [0.15, 0.2) is 0 Å². The first kappa shape index (κ1) is 25.1. The number of nitrogens with zero attached hydrogens (tertiary/aromatic N) is 1. The van der Waals surface area contributed by atoms with Gasteiger partial charge in [0.2, 0.25) is 0 Å². The second kappa shape index (κ2) is 17.0. The first-order valence-corrected chi connectivity index (χ1v) is 13.4. The Labute approximate surface area is 169 Å². The van der Waals surface area contributed by atoms with Crippen molar-refractivity contribution in [3.8, 4) is 0 Å². The molecule has 5 heteroatoms. The van der Waals surface area contributed by atoms with Crippen LogP contribution < -0.4 is 0 Å². The average Bonchev–Trinajstić information content (AvgIpc) is 2.97. The van der Waals surface area contributed by atoms with E-state index in [1.54, 1.807) is 0 Å². The minimum absolute atomic E-state index is 0.566. The molecule has 1 saturated heterocycles. The summed E-state index contributed by atoms with van der Waals surface area (Å²) in [7, 11) is -3.11. The molecule has 1 aliphatic rings. The van der Waals surface area contributed by atoms with Crippen LogP contribution in [0.1, 0.15) is 117 Å². The Morgan fingerprint density at radius 1 is 0.630 bits per heavy atom. The van der Waals surface area contributed by atoms with Crippen LogP contribution in [0.4, 0.5) is 0 Å². The van der Waals surface area contributed by atoms with Crippen LogP contribution in [0, 0.1) is 0 Å². The highest BCUT2D eigenvalue weighted by molar-refractivity contribution is 7.51. The fourth-order valence-electron chi connectivity index (χ4n) is 3.62. The minimum atomic E-state index is -3.11. The van der Waals surface area contributed by atoms with Crippen molar-refractivity contribution in [3.05, 3.63) is 0 Å². The molecule has 0 aliphatic carbocycles. The Bertz CT molecular complexity index is 349. The molecule has 0 amide bonds. The van der Waals surface area contributed by atoms with Gasteiger partial charge < -0.3 is 0 Å². The lowest BCUT2D eigenvalue weighted by atomic mass is 10.1. The topological polar surface area (TPSA) is 38.8 Å². The third-order valence-electron chi connectivity index (χ3n) is 5.43. The second-order valence-corrected chi connectivity index (χ2v) is 10.1. The van der Waals surface area contributed by atoms with Gasteiger partial charge >= 0.3 is 7.75 Å². The maximum absolute atomic E-state index is 13.5. The summed E-state index contributed by atoms with van der Waals surface area (Å²) in [5.41, 5.74) is 0. The maximum Gasteiger partial charge on any atom is 0.408 e. The van der Waals surface area contributed by atoms with Crippen molar-refractivity contribution in [2.24, 2.45) is 0 Å². The van der Waals surface area contributed by atoms with Gasteiger partial charge in [0.1, 0.15) is 0 Å². The fourth-order valence-corrected chi connectivity index (χ4v) is 5.52. The maximum atomic E-state index is 13.5. The third kappa shape index (κ3) is 12.3. The number of hydrogen-bond donors (Lipinski definition) is 0. The van der Waals surface area contributed by atoms with Gasteiger partial charge in [-0.3, -0.25) is 9.05 Å². The monoisotopic (exact) mass is 403 g/mol. The summed E-state index contributed by atoms with van der Waals surface area (Å²) in [6.45, 7) is 7.31. The van der Waals surface area contributed by atoms with Crippen LogP contribution in [-0.4, -0.2) is 31.0 Å². The van der Waals surface area contributed by atoms with Gasteiger partial charge in [0.05, 0.1) is 13.2 Å². The standard InChI is InChI=1S/C22H46NO3P/c1-3-5-7-9-13-17-21-25-27(24,23-19-15-11-12-16-20-23)26-22-18-14-10-8-6-4-2/h3-22H2,1-2H3. The lowest BCUT2D eigenvalue weighted by molar-refractivity contribution is 0.152. The predicted molar refractivity (Wildman–Crippen MR) is 116 cm³/mol. The second-order valence-electron chi connectivity index (χ2n) is 8.04. The average molecular weight is 404 g/mol. The summed E-state index contributed by atoms with van der Waals surface area (Å²) >= 11 is 0. The predicted octanol–water partition coefficient (Wildman–Crippen LogP) is 7.72. The van der Waals surface area contributed by atoms with Gasteiger partial charge in [-0.05, 0) is 25.7 Å². The Morgan fingerprint density at radius 3 is 1.48 bits per heavy atom. The molecule has 1 aliphatic heterocycles. The van der Waals surface area contributed by atoms with E-state index in [2.05, 4.69) is 13.8 Å². The lowest BCUT2D eigenvalue weighted by Gasteiger charge is -2.29. The zero-order valence-corrected chi connectivity index (χ0v) is 19.2. The molecule has 0 atom stereocenters. The van der Waals surface area contributed by atoms with Crippen LogP contribution in [-0.2, 0) is 13.6 Å². The number of unbranched alkanes of at least 4 members (excludes halogenated alkanes) is 10. The van der Waals surface area contributed by atoms with Gasteiger partial charge in [0.25, 0.3) is 0 Å². The van der Waals surface area contributed by atoms with E-state index in [0.29, 0.717) is 13.2 Å². The number of rotatable bonds is 17. The van der Waals surface area contributed by atoms with Crippen molar-refractivity contribution in [2.45, 2.75) is 117 Å². The van der Waals surface area contributed by atoms with Crippen molar-refractivity contribution in [3.63, 3.8) is 0 Å². The zero-order valence-electron chi connectivity index (χ0n) is 18.3. The van der Waals surface area contributed by atoms with Crippen LogP contribution in [0.25, 0.3) is 0 Å². The molecule has 27 heavy (non-hydrogen) atoms. The van der Waals surface area contributed by atoms with Gasteiger partial charge in [-0.25, -0.2) is 9.24 Å². The molecule has 1 fully saturated rings. The van der Waals surface area contributed by atoms with Crippen LogP contribution in [0.15, 0.2) is 0 Å². The van der Waals surface area contributed by atoms with E-state index in [1.807, 2.05) is 4.67 Å². The summed E-state index contributed by atoms with van der Waals surface area (Å²) < 4.78 is 27.4. The minimum Gasteiger partial charge on any atom is -0.297 e. The quantitative estimate of drug-likeness (QED) is 0.184. The van der Waals surface area contributed by atoms with Crippen molar-refractivity contribution >= 4 is 7.75 Å². The summed E-state index contributed by atoms with van der Waals surface area (Å²) in [5.74, 6) is 0. The summed E-state index contributed by atoms with van der Waals surface area (Å²) in [5, 5.41) is 0. The zero-order chi connectivity index (χ0) is 19.6. The molecular formula is C22H46NO3P. The first-order chi connectivity index (χ1) is 13.2. The molecule has 0 bridgehead atoms. The van der Waals surface area contributed by atoms with Crippen LogP contribution in [0.2, 0.25) is 0 Å². The SMILES string of the molecule is CCCCCCCCOP(=O)(OCCCCCCCC)N1CCCCCC1. The van der Waals surface area contributed by atoms with Gasteiger partial charge in [0, 0.05) is 13.1 Å². The van der Waals surface area contributed by atoms with E-state index in [9.17, 15) is 4.57 Å². The van der Waals surface area contributed by atoms with Gasteiger partial charge in [-0.15, -0.1) is 0 Å². The summed E-state index contributed by atoms with van der Waals surface area (Å²) in [4.78, 5) is 0. The molecule has 0 aromatic carbocycles. The molecule has 0 spiro atoms. The smallest absolute Gasteiger partial charge is 0.297 e. The van der Waals surface area contributed by atoms with Crippen LogP contribution in [0.3, 0.4) is 0 Å². The first-order valence-electron chi connectivity index (χ1n) is 11.9. The molecule has 4 nitrogen and oxygen atoms in total. The van der Waals surface area contributed by atoms with E-state index < -0.39 is 7.75 Å². The lowest BCUT2D eigenvalue weighted by Crippen LogP contribution is -2.24. The van der Waals surface area contributed by atoms with E-state index in [1.165, 1.54) is 64.2 Å². The molecule has 0 unspecified atom stereocenters. The molecule has 0 N–H and O–H groups in total. The molecule has 0 aromatic rings. The van der Waals surface area contributed by atoms with Crippen molar-refractivity contribution in [1.82, 2.24) is 4.67 Å². The molecule has 0 radical (unpaired) electrons. The highest BCUT2D eigenvalue weighted by Gasteiger charge is 2.33. The largest absolute Gasteiger partial charge is 0.408 e. The molecule has 0 aromatic heterocycles. The Balaban J connectivity index is 2.35. The van der Waals surface area contributed by atoms with E-state index in [4.69, 9.17) is 9.05 Å². The molecular weight excluding hydrogens is 357 g/mol. The Hall–Kier alpha value is 0.110. The highest BCUT2D eigenvalue weighted by Crippen LogP contribution is 2.53. The van der Waals surface area contributed by atoms with Crippen LogP contribution in [0.5, 0.6) is 0 Å².